The Hall–Kier alpha value is -0.960. The third kappa shape index (κ3) is 2.83. The third-order valence-corrected chi connectivity index (χ3v) is 3.28. The van der Waals surface area contributed by atoms with Gasteiger partial charge in [0.25, 0.3) is 0 Å². The Morgan fingerprint density at radius 2 is 2.06 bits per heavy atom. The summed E-state index contributed by atoms with van der Waals surface area (Å²) < 4.78 is 5.16. The molecule has 0 saturated carbocycles. The summed E-state index contributed by atoms with van der Waals surface area (Å²) in [6.07, 6.45) is 1.34. The van der Waals surface area contributed by atoms with E-state index in [0.717, 1.165) is 16.9 Å². The van der Waals surface area contributed by atoms with Gasteiger partial charge in [-0.25, -0.2) is 0 Å². The first-order valence-electron chi connectivity index (χ1n) is 5.24. The molecule has 0 aliphatic carbocycles. The Morgan fingerprint density at radius 3 is 2.71 bits per heavy atom. The minimum atomic E-state index is -0.635. The van der Waals surface area contributed by atoms with Crippen LogP contribution < -0.4 is 0 Å². The van der Waals surface area contributed by atoms with Crippen LogP contribution in [0.5, 0.6) is 0 Å². The number of hydrogen-bond donors (Lipinski definition) is 1. The van der Waals surface area contributed by atoms with Crippen LogP contribution in [0.2, 0.25) is 10.0 Å². The van der Waals surface area contributed by atoms with E-state index in [4.69, 9.17) is 27.6 Å². The van der Waals surface area contributed by atoms with Crippen molar-refractivity contribution in [3.8, 4) is 0 Å². The number of furan rings is 1. The van der Waals surface area contributed by atoms with Crippen LogP contribution in [0, 0.1) is 6.92 Å². The molecule has 1 heterocycles. The van der Waals surface area contributed by atoms with E-state index in [1.807, 2.05) is 6.92 Å². The summed E-state index contributed by atoms with van der Waals surface area (Å²) in [5, 5.41) is 11.3. The van der Waals surface area contributed by atoms with E-state index in [2.05, 4.69) is 0 Å². The summed E-state index contributed by atoms with van der Waals surface area (Å²) in [5.74, 6) is 0.718. The Balaban J connectivity index is 2.21. The van der Waals surface area contributed by atoms with Gasteiger partial charge in [-0.2, -0.15) is 0 Å². The molecule has 1 unspecified atom stereocenters. The highest BCUT2D eigenvalue weighted by Gasteiger charge is 2.15. The van der Waals surface area contributed by atoms with Gasteiger partial charge in [-0.15, -0.1) is 0 Å². The van der Waals surface area contributed by atoms with E-state index in [9.17, 15) is 5.11 Å². The summed E-state index contributed by atoms with van der Waals surface area (Å²) in [6.45, 7) is 1.82. The molecular formula is C13H12Cl2O2. The molecule has 0 fully saturated rings. The third-order valence-electron chi connectivity index (χ3n) is 2.68. The topological polar surface area (TPSA) is 33.4 Å². The van der Waals surface area contributed by atoms with Gasteiger partial charge < -0.3 is 9.52 Å². The van der Waals surface area contributed by atoms with E-state index in [-0.39, 0.29) is 0 Å². The Bertz CT molecular complexity index is 520. The molecular weight excluding hydrogens is 259 g/mol. The van der Waals surface area contributed by atoms with Crippen molar-refractivity contribution in [2.75, 3.05) is 0 Å². The normalized spacial score (nSPS) is 12.7. The number of benzene rings is 1. The van der Waals surface area contributed by atoms with Crippen LogP contribution in [0.1, 0.15) is 23.0 Å². The van der Waals surface area contributed by atoms with E-state index in [1.165, 1.54) is 0 Å². The first-order chi connectivity index (χ1) is 8.08. The lowest BCUT2D eigenvalue weighted by Crippen LogP contribution is -2.02. The minimum Gasteiger partial charge on any atom is -0.469 e. The predicted molar refractivity (Wildman–Crippen MR) is 68.6 cm³/mol. The zero-order valence-corrected chi connectivity index (χ0v) is 10.8. The second kappa shape index (κ2) is 5.13. The standard InChI is InChI=1S/C13H12Cl2O2/c1-8-11(4-5-17-8)13(16)7-9-6-10(14)2-3-12(9)15/h2-6,13,16H,7H2,1H3. The number of halogens is 2. The van der Waals surface area contributed by atoms with Gasteiger partial charge in [0.15, 0.2) is 0 Å². The monoisotopic (exact) mass is 270 g/mol. The molecule has 2 nitrogen and oxygen atoms in total. The molecule has 0 radical (unpaired) electrons. The summed E-state index contributed by atoms with van der Waals surface area (Å²) in [7, 11) is 0. The van der Waals surface area contributed by atoms with Gasteiger partial charge >= 0.3 is 0 Å². The van der Waals surface area contributed by atoms with Gasteiger partial charge in [-0.05, 0) is 36.8 Å². The molecule has 17 heavy (non-hydrogen) atoms. The molecule has 1 aromatic carbocycles. The van der Waals surface area contributed by atoms with Crippen LogP contribution in [-0.2, 0) is 6.42 Å². The van der Waals surface area contributed by atoms with Crippen molar-refractivity contribution in [2.45, 2.75) is 19.4 Å². The van der Waals surface area contributed by atoms with Crippen LogP contribution in [0.15, 0.2) is 34.9 Å². The van der Waals surface area contributed by atoms with Crippen molar-refractivity contribution >= 4 is 23.2 Å². The fraction of sp³-hybridized carbons (Fsp3) is 0.231. The molecule has 4 heteroatoms. The summed E-state index contributed by atoms with van der Waals surface area (Å²) in [5.41, 5.74) is 1.60. The molecule has 0 bridgehead atoms. The van der Waals surface area contributed by atoms with Crippen LogP contribution in [-0.4, -0.2) is 5.11 Å². The van der Waals surface area contributed by atoms with Crippen LogP contribution in [0.3, 0.4) is 0 Å². The molecule has 0 aliphatic rings. The summed E-state index contributed by atoms with van der Waals surface area (Å²) in [6, 6.07) is 6.98. The SMILES string of the molecule is Cc1occc1C(O)Cc1cc(Cl)ccc1Cl. The second-order valence-corrected chi connectivity index (χ2v) is 4.73. The van der Waals surface area contributed by atoms with Gasteiger partial charge in [0, 0.05) is 22.0 Å². The highest BCUT2D eigenvalue weighted by molar-refractivity contribution is 6.33. The molecule has 0 saturated heterocycles. The number of aryl methyl sites for hydroxylation is 1. The maximum absolute atomic E-state index is 10.1. The number of rotatable bonds is 3. The zero-order chi connectivity index (χ0) is 12.4. The number of hydrogen-bond acceptors (Lipinski definition) is 2. The fourth-order valence-corrected chi connectivity index (χ4v) is 2.15. The van der Waals surface area contributed by atoms with Crippen LogP contribution >= 0.6 is 23.2 Å². The maximum atomic E-state index is 10.1. The Labute approximate surface area is 110 Å². The second-order valence-electron chi connectivity index (χ2n) is 3.89. The van der Waals surface area contributed by atoms with Crippen molar-refractivity contribution in [3.05, 3.63) is 57.5 Å². The van der Waals surface area contributed by atoms with Crippen molar-refractivity contribution in [2.24, 2.45) is 0 Å². The summed E-state index contributed by atoms with van der Waals surface area (Å²) in [4.78, 5) is 0. The molecule has 90 valence electrons. The van der Waals surface area contributed by atoms with E-state index in [1.54, 1.807) is 30.5 Å². The quantitative estimate of drug-likeness (QED) is 0.908. The molecule has 0 amide bonds. The largest absolute Gasteiger partial charge is 0.469 e. The lowest BCUT2D eigenvalue weighted by molar-refractivity contribution is 0.176. The van der Waals surface area contributed by atoms with Gasteiger partial charge in [0.05, 0.1) is 12.4 Å². The highest BCUT2D eigenvalue weighted by atomic mass is 35.5. The molecule has 1 N–H and O–H groups in total. The number of aliphatic hydroxyl groups is 1. The predicted octanol–water partition coefficient (Wildman–Crippen LogP) is 4.17. The van der Waals surface area contributed by atoms with E-state index >= 15 is 0 Å². The van der Waals surface area contributed by atoms with Gasteiger partial charge in [-0.3, -0.25) is 0 Å². The molecule has 1 aromatic heterocycles. The van der Waals surface area contributed by atoms with Gasteiger partial charge in [0.1, 0.15) is 5.76 Å². The smallest absolute Gasteiger partial charge is 0.106 e. The lowest BCUT2D eigenvalue weighted by Gasteiger charge is -2.11. The fourth-order valence-electron chi connectivity index (χ4n) is 1.76. The van der Waals surface area contributed by atoms with Gasteiger partial charge in [-0.1, -0.05) is 23.2 Å². The molecule has 0 spiro atoms. The van der Waals surface area contributed by atoms with Crippen molar-refractivity contribution in [3.63, 3.8) is 0 Å². The summed E-state index contributed by atoms with van der Waals surface area (Å²) >= 11 is 11.9. The van der Waals surface area contributed by atoms with Crippen LogP contribution in [0.4, 0.5) is 0 Å². The van der Waals surface area contributed by atoms with Crippen molar-refractivity contribution in [1.82, 2.24) is 0 Å². The Kier molecular flexibility index (Phi) is 3.77. The molecule has 2 aromatic rings. The molecule has 0 aliphatic heterocycles. The lowest BCUT2D eigenvalue weighted by atomic mass is 10.0. The first kappa shape index (κ1) is 12.5. The average Bonchev–Trinajstić information content (AvgIpc) is 2.70. The molecule has 2 rings (SSSR count). The van der Waals surface area contributed by atoms with Crippen LogP contribution in [0.25, 0.3) is 0 Å². The minimum absolute atomic E-state index is 0.416. The van der Waals surface area contributed by atoms with E-state index in [0.29, 0.717) is 16.5 Å². The highest BCUT2D eigenvalue weighted by Crippen LogP contribution is 2.27. The Morgan fingerprint density at radius 1 is 1.29 bits per heavy atom. The number of aliphatic hydroxyl groups excluding tert-OH is 1. The van der Waals surface area contributed by atoms with E-state index < -0.39 is 6.10 Å². The maximum Gasteiger partial charge on any atom is 0.106 e. The van der Waals surface area contributed by atoms with Gasteiger partial charge in [0.2, 0.25) is 0 Å². The average molecular weight is 271 g/mol. The van der Waals surface area contributed by atoms with Crippen molar-refractivity contribution < 1.29 is 9.52 Å². The first-order valence-corrected chi connectivity index (χ1v) is 5.99. The molecule has 1 atom stereocenters. The van der Waals surface area contributed by atoms with Crippen molar-refractivity contribution in [1.29, 1.82) is 0 Å². The zero-order valence-electron chi connectivity index (χ0n) is 9.28.